The van der Waals surface area contributed by atoms with E-state index in [0.717, 1.165) is 12.8 Å². The third kappa shape index (κ3) is 13.6. The van der Waals surface area contributed by atoms with Gasteiger partial charge in [-0.2, -0.15) is 21.6 Å². The van der Waals surface area contributed by atoms with Crippen molar-refractivity contribution in [3.8, 4) is 0 Å². The maximum Gasteiger partial charge on any atom is 0.534 e. The lowest BCUT2D eigenvalue weighted by molar-refractivity contribution is -0.120. The van der Waals surface area contributed by atoms with Gasteiger partial charge < -0.3 is 24.3 Å². The number of rotatable bonds is 4. The molecule has 214 valence electrons. The molecule has 1 atom stereocenters. The van der Waals surface area contributed by atoms with Crippen molar-refractivity contribution in [2.75, 3.05) is 0 Å². The van der Waals surface area contributed by atoms with Crippen molar-refractivity contribution in [3.63, 3.8) is 0 Å². The van der Waals surface area contributed by atoms with Crippen molar-refractivity contribution >= 4 is 28.1 Å². The van der Waals surface area contributed by atoms with Crippen LogP contribution in [0.15, 0.2) is 11.8 Å². The van der Waals surface area contributed by atoms with E-state index in [4.69, 9.17) is 9.47 Å². The Morgan fingerprint density at radius 2 is 1.27 bits per heavy atom. The maximum absolute atomic E-state index is 12.2. The Balaban J connectivity index is 0.000000397. The molecule has 2 amide bonds. The maximum atomic E-state index is 12.2. The topological polar surface area (TPSA) is 137 Å². The number of carbonyl (C=O) groups excluding carboxylic acids is 3. The average Bonchev–Trinajstić information content (AvgIpc) is 2.68. The molecule has 0 aliphatic heterocycles. The fourth-order valence-corrected chi connectivity index (χ4v) is 3.77. The number of halogens is 3. The van der Waals surface area contributed by atoms with E-state index in [1.165, 1.54) is 6.08 Å². The van der Waals surface area contributed by atoms with E-state index >= 15 is 0 Å². The summed E-state index contributed by atoms with van der Waals surface area (Å²) >= 11 is 0. The molecule has 10 nitrogen and oxygen atoms in total. The molecule has 0 bridgehead atoms. The molecule has 2 N–H and O–H groups in total. The summed E-state index contributed by atoms with van der Waals surface area (Å²) in [7, 11) is -5.64. The molecule has 1 saturated carbocycles. The largest absolute Gasteiger partial charge is 0.534 e. The van der Waals surface area contributed by atoms with Crippen LogP contribution in [0.4, 0.5) is 22.8 Å². The number of amides is 2. The Labute approximate surface area is 215 Å². The zero-order valence-electron chi connectivity index (χ0n) is 22.0. The van der Waals surface area contributed by atoms with Crippen molar-refractivity contribution in [3.05, 3.63) is 11.8 Å². The highest BCUT2D eigenvalue weighted by molar-refractivity contribution is 7.87. The predicted molar refractivity (Wildman–Crippen MR) is 128 cm³/mol. The van der Waals surface area contributed by atoms with E-state index < -0.39 is 32.9 Å². The lowest BCUT2D eigenvalue weighted by Crippen LogP contribution is -2.40. The van der Waals surface area contributed by atoms with Crippen LogP contribution >= 0.6 is 0 Å². The van der Waals surface area contributed by atoms with Gasteiger partial charge in [0, 0.05) is 31.3 Å². The molecule has 37 heavy (non-hydrogen) atoms. The minimum atomic E-state index is -5.64. The Hall–Kier alpha value is -2.51. The molecule has 0 heterocycles. The van der Waals surface area contributed by atoms with Crippen LogP contribution in [-0.4, -0.2) is 55.2 Å². The molecule has 0 aromatic heterocycles. The second-order valence-electron chi connectivity index (χ2n) is 10.7. The fraction of sp³-hybridized carbons (Fsp3) is 0.783. The predicted octanol–water partition coefficient (Wildman–Crippen LogP) is 4.84. The number of allylic oxidation sites excluding steroid dienone is 1. The van der Waals surface area contributed by atoms with Crippen LogP contribution in [-0.2, 0) is 28.6 Å². The van der Waals surface area contributed by atoms with Gasteiger partial charge in [0.15, 0.2) is 0 Å². The first kappa shape index (κ1) is 32.5. The van der Waals surface area contributed by atoms with Crippen LogP contribution in [0.1, 0.15) is 86.5 Å². The Kier molecular flexibility index (Phi) is 11.3. The first-order valence-corrected chi connectivity index (χ1v) is 13.3. The first-order valence-electron chi connectivity index (χ1n) is 11.9. The summed E-state index contributed by atoms with van der Waals surface area (Å²) < 4.78 is 72.5. The highest BCUT2D eigenvalue weighted by Crippen LogP contribution is 2.29. The summed E-state index contributed by atoms with van der Waals surface area (Å²) in [6, 6.07) is -0.256. The second-order valence-corrected chi connectivity index (χ2v) is 12.3. The van der Waals surface area contributed by atoms with Crippen molar-refractivity contribution in [1.29, 1.82) is 0 Å². The van der Waals surface area contributed by atoms with Crippen molar-refractivity contribution in [2.45, 2.75) is 115 Å². The highest BCUT2D eigenvalue weighted by Gasteiger charge is 2.49. The molecule has 0 radical (unpaired) electrons. The summed E-state index contributed by atoms with van der Waals surface area (Å²) in [6.45, 7) is 10.6. The molecule has 1 fully saturated rings. The number of alkyl carbamates (subject to hydrolysis) is 2. The van der Waals surface area contributed by atoms with Gasteiger partial charge in [-0.1, -0.05) is 0 Å². The number of hydrogen-bond donors (Lipinski definition) is 2. The zero-order valence-corrected chi connectivity index (χ0v) is 22.8. The van der Waals surface area contributed by atoms with E-state index in [0.29, 0.717) is 12.8 Å². The molecule has 0 spiro atoms. The summed E-state index contributed by atoms with van der Waals surface area (Å²) in [5, 5.41) is 5.34. The molecule has 2 aliphatic carbocycles. The van der Waals surface area contributed by atoms with Gasteiger partial charge in [-0.3, -0.25) is 4.79 Å². The molecule has 0 aromatic carbocycles. The Morgan fingerprint density at radius 3 is 1.65 bits per heavy atom. The van der Waals surface area contributed by atoms with E-state index in [-0.39, 0.29) is 49.0 Å². The molecule has 2 aliphatic rings. The highest BCUT2D eigenvalue weighted by atomic mass is 32.2. The van der Waals surface area contributed by atoms with Crippen LogP contribution in [0.2, 0.25) is 0 Å². The molecular weight excluding hydrogens is 521 g/mol. The monoisotopic (exact) mass is 558 g/mol. The fourth-order valence-electron chi connectivity index (χ4n) is 3.24. The number of Topliss-reactive ketones (excluding diaryl/α,β-unsaturated/α-hetero) is 1. The standard InChI is InChI=1S/C12H18F3NO5S.C11H19NO3/c1-11(2,3)20-10(17)16-8-4-6-9(7-5-8)21-22(18,19)12(13,14)15;1-11(2,3)15-10(14)12-8-4-6-9(13)7-5-8/h6,8H,4-5,7H2,1-3H3,(H,16,17);8H,4-7H2,1-3H3,(H,12,14). The van der Waals surface area contributed by atoms with Crippen LogP contribution in [0, 0.1) is 0 Å². The molecule has 0 aromatic rings. The van der Waals surface area contributed by atoms with Crippen LogP contribution in [0.25, 0.3) is 0 Å². The second kappa shape index (κ2) is 12.8. The molecule has 0 saturated heterocycles. The third-order valence-electron chi connectivity index (χ3n) is 4.85. The van der Waals surface area contributed by atoms with Gasteiger partial charge in [-0.05, 0) is 73.3 Å². The number of carbonyl (C=O) groups is 3. The molecular formula is C23H37F3N2O8S. The van der Waals surface area contributed by atoms with Gasteiger partial charge in [-0.25, -0.2) is 9.59 Å². The number of ketones is 1. The number of ether oxygens (including phenoxy) is 2. The summed E-state index contributed by atoms with van der Waals surface area (Å²) in [5.41, 5.74) is -6.59. The zero-order chi connectivity index (χ0) is 28.7. The lowest BCUT2D eigenvalue weighted by atomic mass is 9.95. The SMILES string of the molecule is CC(C)(C)OC(=O)NC1CC=C(OS(=O)(=O)C(F)(F)F)CC1.CC(C)(C)OC(=O)NC1CCC(=O)CC1. The number of hydrogen-bond acceptors (Lipinski definition) is 8. The molecule has 14 heteroatoms. The van der Waals surface area contributed by atoms with E-state index in [9.17, 15) is 36.0 Å². The quantitative estimate of drug-likeness (QED) is 0.370. The van der Waals surface area contributed by atoms with Crippen LogP contribution in [0.5, 0.6) is 0 Å². The van der Waals surface area contributed by atoms with Gasteiger partial charge >= 0.3 is 27.8 Å². The first-order chi connectivity index (χ1) is 16.7. The average molecular weight is 559 g/mol. The van der Waals surface area contributed by atoms with Crippen molar-refractivity contribution in [2.24, 2.45) is 0 Å². The van der Waals surface area contributed by atoms with Gasteiger partial charge in [0.05, 0.1) is 0 Å². The number of nitrogens with one attached hydrogen (secondary N) is 2. The van der Waals surface area contributed by atoms with E-state index in [1.807, 2.05) is 20.8 Å². The van der Waals surface area contributed by atoms with E-state index in [1.54, 1.807) is 20.8 Å². The van der Waals surface area contributed by atoms with Crippen LogP contribution in [0.3, 0.4) is 0 Å². The molecule has 1 unspecified atom stereocenters. The summed E-state index contributed by atoms with van der Waals surface area (Å²) in [6.07, 6.45) is 3.17. The van der Waals surface area contributed by atoms with Crippen molar-refractivity contribution in [1.82, 2.24) is 10.6 Å². The number of alkyl halides is 3. The van der Waals surface area contributed by atoms with Gasteiger partial charge in [-0.15, -0.1) is 0 Å². The Morgan fingerprint density at radius 1 is 0.838 bits per heavy atom. The van der Waals surface area contributed by atoms with Gasteiger partial charge in [0.25, 0.3) is 0 Å². The normalized spacial score (nSPS) is 19.5. The third-order valence-corrected chi connectivity index (χ3v) is 5.85. The van der Waals surface area contributed by atoms with E-state index in [2.05, 4.69) is 14.8 Å². The summed E-state index contributed by atoms with van der Waals surface area (Å²) in [4.78, 5) is 33.9. The van der Waals surface area contributed by atoms with Gasteiger partial charge in [0.1, 0.15) is 22.7 Å². The molecule has 2 rings (SSSR count). The van der Waals surface area contributed by atoms with Gasteiger partial charge in [0.2, 0.25) is 0 Å². The minimum absolute atomic E-state index is 0.0320. The lowest BCUT2D eigenvalue weighted by Gasteiger charge is -2.25. The Bertz CT molecular complexity index is 941. The van der Waals surface area contributed by atoms with Crippen LogP contribution < -0.4 is 10.6 Å². The summed E-state index contributed by atoms with van der Waals surface area (Å²) in [5.74, 6) is 0.0109. The van der Waals surface area contributed by atoms with Crippen molar-refractivity contribution < 1.29 is 49.6 Å². The minimum Gasteiger partial charge on any atom is -0.444 e. The smallest absolute Gasteiger partial charge is 0.444 e.